The van der Waals surface area contributed by atoms with E-state index in [1.54, 1.807) is 30.3 Å². The van der Waals surface area contributed by atoms with Crippen molar-refractivity contribution in [3.8, 4) is 5.75 Å². The molecule has 158 valence electrons. The van der Waals surface area contributed by atoms with Crippen molar-refractivity contribution in [1.29, 1.82) is 0 Å². The first-order valence-corrected chi connectivity index (χ1v) is 10.7. The molecule has 4 rings (SSSR count). The van der Waals surface area contributed by atoms with Crippen LogP contribution in [-0.4, -0.2) is 22.5 Å². The van der Waals surface area contributed by atoms with Gasteiger partial charge in [0.15, 0.2) is 5.16 Å². The lowest BCUT2D eigenvalue weighted by molar-refractivity contribution is -0.116. The minimum Gasteiger partial charge on any atom is -0.489 e. The fourth-order valence-corrected chi connectivity index (χ4v) is 4.34. The Labute approximate surface area is 182 Å². The number of H-pyrrole nitrogens is 1. The molecule has 0 saturated heterocycles. The molecule has 0 radical (unpaired) electrons. The number of hydrogen-bond acceptors (Lipinski definition) is 5. The Morgan fingerprint density at radius 2 is 1.97 bits per heavy atom. The van der Waals surface area contributed by atoms with Crippen molar-refractivity contribution in [1.82, 2.24) is 9.97 Å². The number of aromatic amines is 1. The number of rotatable bonds is 7. The number of carbonyl (C=O) groups is 1. The van der Waals surface area contributed by atoms with E-state index >= 15 is 0 Å². The van der Waals surface area contributed by atoms with Crippen LogP contribution in [0, 0.1) is 5.82 Å². The molecule has 0 aliphatic carbocycles. The molecule has 0 saturated carbocycles. The molecule has 0 spiro atoms. The second-order valence-corrected chi connectivity index (χ2v) is 7.92. The highest BCUT2D eigenvalue weighted by Gasteiger charge is 2.32. The highest BCUT2D eigenvalue weighted by molar-refractivity contribution is 7.98. The molecule has 1 unspecified atom stereocenters. The lowest BCUT2D eigenvalue weighted by atomic mass is 9.86. The highest BCUT2D eigenvalue weighted by Crippen LogP contribution is 2.38. The number of hydrogen-bond donors (Lipinski definition) is 2. The standard InChI is InChI=1S/C23H20FN3O3S/c1-2-11-30-18-10-6-4-8-15(18)16-12-19(28)25-21-20(16)22(29)27-23(26-21)31-13-14-7-3-5-9-17(14)24/h2-10,16H,1,11-13H2,(H2,25,26,27,28,29). The minimum atomic E-state index is -0.494. The topological polar surface area (TPSA) is 84.1 Å². The Balaban J connectivity index is 1.67. The molecular weight excluding hydrogens is 417 g/mol. The van der Waals surface area contributed by atoms with Crippen LogP contribution in [0.5, 0.6) is 5.75 Å². The molecule has 0 bridgehead atoms. The van der Waals surface area contributed by atoms with Crippen molar-refractivity contribution < 1.29 is 13.9 Å². The summed E-state index contributed by atoms with van der Waals surface area (Å²) in [5.74, 6) is 0.0555. The Hall–Kier alpha value is -3.39. The number of ether oxygens (including phenoxy) is 1. The number of carbonyl (C=O) groups excluding carboxylic acids is 1. The predicted octanol–water partition coefficient (Wildman–Crippen LogP) is 4.24. The maximum Gasteiger partial charge on any atom is 0.257 e. The van der Waals surface area contributed by atoms with E-state index in [4.69, 9.17) is 4.74 Å². The van der Waals surface area contributed by atoms with E-state index in [-0.39, 0.29) is 29.5 Å². The molecule has 1 amide bonds. The zero-order valence-electron chi connectivity index (χ0n) is 16.6. The number of nitrogens with zero attached hydrogens (tertiary/aromatic N) is 1. The van der Waals surface area contributed by atoms with Crippen LogP contribution in [0.15, 0.2) is 71.1 Å². The van der Waals surface area contributed by atoms with Gasteiger partial charge >= 0.3 is 0 Å². The van der Waals surface area contributed by atoms with Gasteiger partial charge in [-0.3, -0.25) is 9.59 Å². The summed E-state index contributed by atoms with van der Waals surface area (Å²) in [6, 6.07) is 13.7. The number of thioether (sulfide) groups is 1. The molecule has 1 aromatic heterocycles. The van der Waals surface area contributed by atoms with Gasteiger partial charge in [-0.1, -0.05) is 60.8 Å². The van der Waals surface area contributed by atoms with Crippen molar-refractivity contribution in [2.24, 2.45) is 0 Å². The van der Waals surface area contributed by atoms with Crippen LogP contribution in [0.1, 0.15) is 29.0 Å². The second-order valence-electron chi connectivity index (χ2n) is 6.96. The number of para-hydroxylation sites is 1. The molecule has 3 aromatic rings. The molecule has 6 nitrogen and oxygen atoms in total. The molecule has 1 aliphatic rings. The summed E-state index contributed by atoms with van der Waals surface area (Å²) < 4.78 is 19.6. The SMILES string of the molecule is C=CCOc1ccccc1C1CC(=O)Nc2nc(SCc3ccccc3F)[nH]c(=O)c21. The van der Waals surface area contributed by atoms with Crippen molar-refractivity contribution in [3.63, 3.8) is 0 Å². The smallest absolute Gasteiger partial charge is 0.257 e. The third-order valence-electron chi connectivity index (χ3n) is 4.90. The third kappa shape index (κ3) is 4.54. The summed E-state index contributed by atoms with van der Waals surface area (Å²) in [6.45, 7) is 3.96. The number of amides is 1. The molecule has 1 atom stereocenters. The number of benzene rings is 2. The number of halogens is 1. The predicted molar refractivity (Wildman–Crippen MR) is 118 cm³/mol. The third-order valence-corrected chi connectivity index (χ3v) is 5.82. The second kappa shape index (κ2) is 9.18. The minimum absolute atomic E-state index is 0.105. The van der Waals surface area contributed by atoms with Crippen LogP contribution in [0.25, 0.3) is 0 Å². The lowest BCUT2D eigenvalue weighted by Gasteiger charge is -2.26. The van der Waals surface area contributed by atoms with Crippen LogP contribution in [0.3, 0.4) is 0 Å². The molecule has 1 aliphatic heterocycles. The van der Waals surface area contributed by atoms with Gasteiger partial charge in [0.25, 0.3) is 5.56 Å². The van der Waals surface area contributed by atoms with Crippen molar-refractivity contribution in [3.05, 3.63) is 94.0 Å². The number of fused-ring (bicyclic) bond motifs is 1. The van der Waals surface area contributed by atoms with Gasteiger partial charge in [-0.15, -0.1) is 0 Å². The fraction of sp³-hybridized carbons (Fsp3) is 0.174. The van der Waals surface area contributed by atoms with Gasteiger partial charge < -0.3 is 15.0 Å². The van der Waals surface area contributed by atoms with Gasteiger partial charge in [0.2, 0.25) is 5.91 Å². The van der Waals surface area contributed by atoms with Gasteiger partial charge in [-0.2, -0.15) is 0 Å². The normalized spacial score (nSPS) is 15.1. The Bertz CT molecular complexity index is 1190. The summed E-state index contributed by atoms with van der Waals surface area (Å²) in [5.41, 5.74) is 1.27. The zero-order chi connectivity index (χ0) is 21.8. The van der Waals surface area contributed by atoms with Crippen molar-refractivity contribution >= 4 is 23.5 Å². The fourth-order valence-electron chi connectivity index (χ4n) is 3.49. The molecule has 0 fully saturated rings. The summed E-state index contributed by atoms with van der Waals surface area (Å²) in [5, 5.41) is 3.01. The summed E-state index contributed by atoms with van der Waals surface area (Å²) in [4.78, 5) is 32.6. The lowest BCUT2D eigenvalue weighted by Crippen LogP contribution is -2.31. The first kappa shape index (κ1) is 20.9. The molecule has 2 aromatic carbocycles. The van der Waals surface area contributed by atoms with E-state index in [0.717, 1.165) is 5.56 Å². The molecule has 8 heteroatoms. The maximum atomic E-state index is 13.9. The number of aromatic nitrogens is 2. The van der Waals surface area contributed by atoms with Gasteiger partial charge in [0.05, 0.1) is 5.56 Å². The van der Waals surface area contributed by atoms with Crippen LogP contribution in [0.4, 0.5) is 10.2 Å². The first-order valence-electron chi connectivity index (χ1n) is 9.69. The van der Waals surface area contributed by atoms with Gasteiger partial charge in [0, 0.05) is 23.7 Å². The Kier molecular flexibility index (Phi) is 6.18. The van der Waals surface area contributed by atoms with Crippen LogP contribution < -0.4 is 15.6 Å². The van der Waals surface area contributed by atoms with Crippen molar-refractivity contribution in [2.45, 2.75) is 23.2 Å². The van der Waals surface area contributed by atoms with E-state index in [2.05, 4.69) is 21.9 Å². The van der Waals surface area contributed by atoms with E-state index in [0.29, 0.717) is 34.4 Å². The maximum absolute atomic E-state index is 13.9. The van der Waals surface area contributed by atoms with Crippen LogP contribution in [-0.2, 0) is 10.5 Å². The van der Waals surface area contributed by atoms with Crippen LogP contribution >= 0.6 is 11.8 Å². The van der Waals surface area contributed by atoms with E-state index in [1.807, 2.05) is 18.2 Å². The zero-order valence-corrected chi connectivity index (χ0v) is 17.4. The number of nitrogens with one attached hydrogen (secondary N) is 2. The largest absolute Gasteiger partial charge is 0.489 e. The quantitative estimate of drug-likeness (QED) is 0.328. The molecule has 31 heavy (non-hydrogen) atoms. The van der Waals surface area contributed by atoms with Gasteiger partial charge in [0.1, 0.15) is 24.0 Å². The first-order chi connectivity index (χ1) is 15.1. The van der Waals surface area contributed by atoms with E-state index in [9.17, 15) is 14.0 Å². The average Bonchev–Trinajstić information content (AvgIpc) is 2.76. The van der Waals surface area contributed by atoms with Gasteiger partial charge in [-0.05, 0) is 17.7 Å². The monoisotopic (exact) mass is 437 g/mol. The molecule has 2 N–H and O–H groups in total. The highest BCUT2D eigenvalue weighted by atomic mass is 32.2. The molecule has 2 heterocycles. The average molecular weight is 437 g/mol. The Morgan fingerprint density at radius 3 is 2.77 bits per heavy atom. The van der Waals surface area contributed by atoms with E-state index in [1.165, 1.54) is 17.8 Å². The summed E-state index contributed by atoms with van der Waals surface area (Å²) >= 11 is 1.19. The van der Waals surface area contributed by atoms with Gasteiger partial charge in [-0.25, -0.2) is 9.37 Å². The molecular formula is C23H20FN3O3S. The van der Waals surface area contributed by atoms with Crippen LogP contribution in [0.2, 0.25) is 0 Å². The van der Waals surface area contributed by atoms with Crippen molar-refractivity contribution in [2.75, 3.05) is 11.9 Å². The summed E-state index contributed by atoms with van der Waals surface area (Å²) in [6.07, 6.45) is 1.74. The van der Waals surface area contributed by atoms with E-state index < -0.39 is 5.92 Å². The number of anilines is 1. The summed E-state index contributed by atoms with van der Waals surface area (Å²) in [7, 11) is 0. The Morgan fingerprint density at radius 1 is 1.19 bits per heavy atom.